The van der Waals surface area contributed by atoms with E-state index in [1.165, 1.54) is 61.8 Å². The molecule has 0 radical (unpaired) electrons. The highest BCUT2D eigenvalue weighted by Gasteiger charge is 2.32. The lowest BCUT2D eigenvalue weighted by Crippen LogP contribution is -2.53. The first-order valence-electron chi connectivity index (χ1n) is 13.6. The van der Waals surface area contributed by atoms with Crippen molar-refractivity contribution < 1.29 is 9.47 Å². The van der Waals surface area contributed by atoms with E-state index in [4.69, 9.17) is 14.5 Å². The van der Waals surface area contributed by atoms with Gasteiger partial charge in [0, 0.05) is 30.7 Å². The Morgan fingerprint density at radius 1 is 1.03 bits per heavy atom. The molecular formula is C30H42N4O2. The van der Waals surface area contributed by atoms with Gasteiger partial charge in [-0.2, -0.15) is 0 Å². The second-order valence-corrected chi connectivity index (χ2v) is 10.9. The van der Waals surface area contributed by atoms with Crippen LogP contribution in [0.15, 0.2) is 30.3 Å². The van der Waals surface area contributed by atoms with Gasteiger partial charge in [0.05, 0.1) is 25.3 Å². The lowest BCUT2D eigenvalue weighted by atomic mass is 9.85. The van der Waals surface area contributed by atoms with Gasteiger partial charge in [-0.25, -0.2) is 4.98 Å². The monoisotopic (exact) mass is 490 g/mol. The summed E-state index contributed by atoms with van der Waals surface area (Å²) in [6, 6.07) is 12.8. The molecule has 6 heteroatoms. The zero-order valence-corrected chi connectivity index (χ0v) is 22.8. The van der Waals surface area contributed by atoms with Gasteiger partial charge in [-0.3, -0.25) is 0 Å². The van der Waals surface area contributed by atoms with Gasteiger partial charge in [-0.1, -0.05) is 13.0 Å². The summed E-state index contributed by atoms with van der Waals surface area (Å²) in [5.41, 5.74) is 6.03. The van der Waals surface area contributed by atoms with Crippen LogP contribution >= 0.6 is 0 Å². The van der Waals surface area contributed by atoms with E-state index in [1.807, 2.05) is 12.1 Å². The fraction of sp³-hybridized carbons (Fsp3) is 0.567. The molecule has 0 amide bonds. The predicted molar refractivity (Wildman–Crippen MR) is 147 cm³/mol. The molecule has 0 bridgehead atoms. The predicted octanol–water partition coefficient (Wildman–Crippen LogP) is 5.66. The van der Waals surface area contributed by atoms with Crippen molar-refractivity contribution in [3.8, 4) is 22.9 Å². The van der Waals surface area contributed by atoms with E-state index in [-0.39, 0.29) is 0 Å². The van der Waals surface area contributed by atoms with E-state index >= 15 is 0 Å². The molecule has 0 spiro atoms. The van der Waals surface area contributed by atoms with Crippen LogP contribution in [-0.2, 0) is 7.05 Å². The van der Waals surface area contributed by atoms with E-state index < -0.39 is 0 Å². The number of likely N-dealkylation sites (tertiary alicyclic amines) is 1. The SMILES string of the molecule is CCC1CC(N2CCC(c3cc(C)c4nc(-c5ccc(OC)c(OC)c5)n(C)c4c3)CC2)CC(C)N1. The van der Waals surface area contributed by atoms with Crippen LogP contribution in [0.2, 0.25) is 0 Å². The Kier molecular flexibility index (Phi) is 7.27. The lowest BCUT2D eigenvalue weighted by Gasteiger charge is -2.43. The number of benzene rings is 2. The Bertz CT molecular complexity index is 1210. The number of piperidine rings is 2. The second kappa shape index (κ2) is 10.4. The summed E-state index contributed by atoms with van der Waals surface area (Å²) in [5, 5.41) is 3.78. The molecule has 3 aromatic rings. The van der Waals surface area contributed by atoms with Crippen molar-refractivity contribution in [2.45, 2.75) is 76.9 Å². The molecule has 0 saturated carbocycles. The molecule has 2 aromatic carbocycles. The summed E-state index contributed by atoms with van der Waals surface area (Å²) >= 11 is 0. The average molecular weight is 491 g/mol. The van der Waals surface area contributed by atoms with Gasteiger partial charge < -0.3 is 24.3 Å². The van der Waals surface area contributed by atoms with E-state index in [2.05, 4.69) is 60.8 Å². The van der Waals surface area contributed by atoms with Crippen LogP contribution in [0, 0.1) is 6.92 Å². The maximum atomic E-state index is 5.54. The number of imidazole rings is 1. The number of aromatic nitrogens is 2. The van der Waals surface area contributed by atoms with Crippen LogP contribution in [-0.4, -0.2) is 59.9 Å². The number of ether oxygens (including phenoxy) is 2. The highest BCUT2D eigenvalue weighted by atomic mass is 16.5. The number of aryl methyl sites for hydroxylation is 2. The second-order valence-electron chi connectivity index (χ2n) is 10.9. The van der Waals surface area contributed by atoms with Gasteiger partial charge in [0.1, 0.15) is 5.82 Å². The highest BCUT2D eigenvalue weighted by molar-refractivity contribution is 5.84. The average Bonchev–Trinajstić information content (AvgIpc) is 3.24. The third-order valence-corrected chi connectivity index (χ3v) is 8.55. The topological polar surface area (TPSA) is 51.6 Å². The largest absolute Gasteiger partial charge is 0.493 e. The highest BCUT2D eigenvalue weighted by Crippen LogP contribution is 2.37. The Morgan fingerprint density at radius 3 is 2.47 bits per heavy atom. The van der Waals surface area contributed by atoms with Gasteiger partial charge in [-0.05, 0) is 100 Å². The van der Waals surface area contributed by atoms with Gasteiger partial charge in [0.2, 0.25) is 0 Å². The summed E-state index contributed by atoms with van der Waals surface area (Å²) in [4.78, 5) is 7.83. The molecule has 36 heavy (non-hydrogen) atoms. The van der Waals surface area contributed by atoms with Gasteiger partial charge in [-0.15, -0.1) is 0 Å². The number of hydrogen-bond acceptors (Lipinski definition) is 5. The molecule has 3 atom stereocenters. The Morgan fingerprint density at radius 2 is 1.78 bits per heavy atom. The van der Waals surface area contributed by atoms with Crippen LogP contribution in [0.1, 0.15) is 63.0 Å². The van der Waals surface area contributed by atoms with Gasteiger partial charge in [0.25, 0.3) is 0 Å². The lowest BCUT2D eigenvalue weighted by molar-refractivity contribution is 0.0984. The minimum atomic E-state index is 0.616. The number of fused-ring (bicyclic) bond motifs is 1. The van der Waals surface area contributed by atoms with E-state index in [1.54, 1.807) is 14.2 Å². The summed E-state index contributed by atoms with van der Waals surface area (Å²) in [5.74, 6) is 3.02. The van der Waals surface area contributed by atoms with Crippen LogP contribution in [0.4, 0.5) is 0 Å². The van der Waals surface area contributed by atoms with E-state index in [0.717, 1.165) is 34.4 Å². The molecule has 2 aliphatic rings. The molecule has 6 nitrogen and oxygen atoms in total. The molecule has 3 heterocycles. The summed E-state index contributed by atoms with van der Waals surface area (Å²) in [6.45, 7) is 9.28. The molecule has 5 rings (SSSR count). The smallest absolute Gasteiger partial charge is 0.161 e. The number of nitrogens with one attached hydrogen (secondary N) is 1. The first kappa shape index (κ1) is 25.1. The van der Waals surface area contributed by atoms with Crippen molar-refractivity contribution in [3.63, 3.8) is 0 Å². The molecule has 0 aliphatic carbocycles. The normalized spacial score (nSPS) is 23.8. The van der Waals surface area contributed by atoms with Crippen LogP contribution in [0.25, 0.3) is 22.4 Å². The van der Waals surface area contributed by atoms with Gasteiger partial charge >= 0.3 is 0 Å². The maximum Gasteiger partial charge on any atom is 0.161 e. The maximum absolute atomic E-state index is 5.54. The third kappa shape index (κ3) is 4.73. The van der Waals surface area contributed by atoms with E-state index in [0.29, 0.717) is 18.0 Å². The molecule has 3 unspecified atom stereocenters. The first-order valence-corrected chi connectivity index (χ1v) is 13.6. The molecule has 1 aromatic heterocycles. The van der Waals surface area contributed by atoms with Crippen molar-refractivity contribution >= 4 is 11.0 Å². The number of methoxy groups -OCH3 is 2. The molecule has 2 saturated heterocycles. The minimum Gasteiger partial charge on any atom is -0.493 e. The van der Waals surface area contributed by atoms with Crippen LogP contribution in [0.5, 0.6) is 11.5 Å². The van der Waals surface area contributed by atoms with Crippen molar-refractivity contribution in [2.75, 3.05) is 27.3 Å². The van der Waals surface area contributed by atoms with Crippen LogP contribution in [0.3, 0.4) is 0 Å². The zero-order chi connectivity index (χ0) is 25.4. The number of rotatable bonds is 6. The first-order chi connectivity index (χ1) is 17.4. The number of hydrogen-bond donors (Lipinski definition) is 1. The Balaban J connectivity index is 1.36. The Hall–Kier alpha value is -2.57. The summed E-state index contributed by atoms with van der Waals surface area (Å²) in [6.07, 6.45) is 6.28. The fourth-order valence-electron chi connectivity index (χ4n) is 6.51. The van der Waals surface area contributed by atoms with Crippen LogP contribution < -0.4 is 14.8 Å². The summed E-state index contributed by atoms with van der Waals surface area (Å²) < 4.78 is 13.2. The van der Waals surface area contributed by atoms with Crippen molar-refractivity contribution in [3.05, 3.63) is 41.5 Å². The summed E-state index contributed by atoms with van der Waals surface area (Å²) in [7, 11) is 5.46. The zero-order valence-electron chi connectivity index (χ0n) is 22.8. The molecule has 2 aliphatic heterocycles. The standard InChI is InChI=1S/C30H42N4O2/c1-7-24-18-25(15-20(3)31-24)34-12-10-21(11-13-34)23-14-19(2)29-26(16-23)33(4)30(32-29)22-8-9-27(35-5)28(17-22)36-6/h8-9,14,16-17,20-21,24-25,31H,7,10-13,15,18H2,1-6H3. The number of nitrogens with zero attached hydrogens (tertiary/aromatic N) is 3. The van der Waals surface area contributed by atoms with Crippen molar-refractivity contribution in [1.29, 1.82) is 0 Å². The van der Waals surface area contributed by atoms with Crippen molar-refractivity contribution in [2.24, 2.45) is 7.05 Å². The molecule has 2 fully saturated rings. The fourth-order valence-corrected chi connectivity index (χ4v) is 6.51. The van der Waals surface area contributed by atoms with E-state index in [9.17, 15) is 0 Å². The molecular weight excluding hydrogens is 448 g/mol. The minimum absolute atomic E-state index is 0.616. The van der Waals surface area contributed by atoms with Gasteiger partial charge in [0.15, 0.2) is 11.5 Å². The molecule has 194 valence electrons. The Labute approximate surface area is 216 Å². The van der Waals surface area contributed by atoms with Crippen molar-refractivity contribution in [1.82, 2.24) is 19.8 Å². The third-order valence-electron chi connectivity index (χ3n) is 8.55. The molecule has 1 N–H and O–H groups in total. The quantitative estimate of drug-likeness (QED) is 0.483.